The van der Waals surface area contributed by atoms with Crippen molar-refractivity contribution in [2.24, 2.45) is 0 Å². The van der Waals surface area contributed by atoms with Crippen molar-refractivity contribution in [2.75, 3.05) is 19.3 Å². The molecule has 5 nitrogen and oxygen atoms in total. The molecule has 5 heteroatoms. The number of nitrogens with two attached hydrogens (primary N) is 1. The van der Waals surface area contributed by atoms with Crippen LogP contribution in [0.25, 0.3) is 11.0 Å². The normalized spacial score (nSPS) is 16.3. The highest BCUT2D eigenvalue weighted by Crippen LogP contribution is 2.22. The average Bonchev–Trinajstić information content (AvgIpc) is 2.27. The second kappa shape index (κ2) is 3.38. The number of likely N-dealkylation sites (N-methyl/N-ethyl adjacent to an activating group) is 1. The van der Waals surface area contributed by atoms with Crippen LogP contribution in [0.3, 0.4) is 0 Å². The minimum absolute atomic E-state index is 0.513. The van der Waals surface area contributed by atoms with Gasteiger partial charge < -0.3 is 10.6 Å². The predicted molar refractivity (Wildman–Crippen MR) is 61.8 cm³/mol. The molecule has 3 rings (SSSR count). The lowest BCUT2D eigenvalue weighted by molar-refractivity contribution is 0.308. The number of anilines is 1. The van der Waals surface area contributed by atoms with Crippen LogP contribution in [0.2, 0.25) is 0 Å². The molecule has 0 aromatic carbocycles. The molecule has 0 radical (unpaired) electrons. The van der Waals surface area contributed by atoms with Gasteiger partial charge in [0.05, 0.1) is 11.1 Å². The maximum absolute atomic E-state index is 5.82. The number of rotatable bonds is 0. The van der Waals surface area contributed by atoms with Crippen molar-refractivity contribution in [3.05, 3.63) is 23.7 Å². The number of hydrogen-bond donors (Lipinski definition) is 1. The third kappa shape index (κ3) is 1.40. The van der Waals surface area contributed by atoms with Crippen LogP contribution in [-0.2, 0) is 13.0 Å². The van der Waals surface area contributed by atoms with Crippen molar-refractivity contribution < 1.29 is 0 Å². The smallest absolute Gasteiger partial charge is 0.164 e. The van der Waals surface area contributed by atoms with Crippen molar-refractivity contribution >= 4 is 16.9 Å². The first-order chi connectivity index (χ1) is 7.74. The minimum atomic E-state index is 0.513. The fourth-order valence-corrected chi connectivity index (χ4v) is 2.08. The third-order valence-electron chi connectivity index (χ3n) is 3.01. The van der Waals surface area contributed by atoms with Gasteiger partial charge in [0.15, 0.2) is 5.65 Å². The SMILES string of the molecule is CN1CCc2cc3c(N)ncnc3nc2C1. The largest absolute Gasteiger partial charge is 0.383 e. The molecule has 0 unspecified atom stereocenters. The summed E-state index contributed by atoms with van der Waals surface area (Å²) < 4.78 is 0. The molecule has 2 aromatic rings. The zero-order chi connectivity index (χ0) is 11.1. The fourth-order valence-electron chi connectivity index (χ4n) is 2.08. The van der Waals surface area contributed by atoms with E-state index in [2.05, 4.69) is 33.0 Å². The van der Waals surface area contributed by atoms with Gasteiger partial charge in [0.2, 0.25) is 0 Å². The van der Waals surface area contributed by atoms with E-state index in [-0.39, 0.29) is 0 Å². The summed E-state index contributed by atoms with van der Waals surface area (Å²) in [5.41, 5.74) is 8.89. The van der Waals surface area contributed by atoms with Gasteiger partial charge in [-0.2, -0.15) is 0 Å². The van der Waals surface area contributed by atoms with Crippen molar-refractivity contribution in [1.82, 2.24) is 19.9 Å². The summed E-state index contributed by atoms with van der Waals surface area (Å²) in [6, 6.07) is 2.08. The van der Waals surface area contributed by atoms with Gasteiger partial charge in [-0.05, 0) is 25.1 Å². The van der Waals surface area contributed by atoms with Crippen LogP contribution in [0, 0.1) is 0 Å². The zero-order valence-corrected chi connectivity index (χ0v) is 9.14. The molecule has 0 spiro atoms. The summed E-state index contributed by atoms with van der Waals surface area (Å²) in [7, 11) is 2.10. The first kappa shape index (κ1) is 9.47. The first-order valence-corrected chi connectivity index (χ1v) is 5.31. The Balaban J connectivity index is 2.23. The van der Waals surface area contributed by atoms with E-state index in [0.717, 1.165) is 30.6 Å². The quantitative estimate of drug-likeness (QED) is 0.696. The van der Waals surface area contributed by atoms with Crippen LogP contribution in [0.5, 0.6) is 0 Å². The molecule has 1 aliphatic rings. The van der Waals surface area contributed by atoms with Crippen LogP contribution in [0.4, 0.5) is 5.82 Å². The van der Waals surface area contributed by atoms with E-state index in [1.54, 1.807) is 0 Å². The van der Waals surface area contributed by atoms with Crippen molar-refractivity contribution in [1.29, 1.82) is 0 Å². The minimum Gasteiger partial charge on any atom is -0.383 e. The highest BCUT2D eigenvalue weighted by Gasteiger charge is 2.16. The second-order valence-electron chi connectivity index (χ2n) is 4.21. The van der Waals surface area contributed by atoms with E-state index >= 15 is 0 Å². The van der Waals surface area contributed by atoms with Crippen LogP contribution in [-0.4, -0.2) is 33.4 Å². The molecule has 2 N–H and O–H groups in total. The Hall–Kier alpha value is -1.75. The van der Waals surface area contributed by atoms with Gasteiger partial charge in [-0.25, -0.2) is 15.0 Å². The Bertz CT molecular complexity index is 551. The number of pyridine rings is 1. The van der Waals surface area contributed by atoms with Crippen LogP contribution < -0.4 is 5.73 Å². The van der Waals surface area contributed by atoms with Crippen molar-refractivity contribution in [3.63, 3.8) is 0 Å². The van der Waals surface area contributed by atoms with Crippen molar-refractivity contribution in [3.8, 4) is 0 Å². The molecule has 0 fully saturated rings. The summed E-state index contributed by atoms with van der Waals surface area (Å²) in [6.07, 6.45) is 2.48. The number of nitrogens with zero attached hydrogens (tertiary/aromatic N) is 4. The fraction of sp³-hybridized carbons (Fsp3) is 0.364. The molecular weight excluding hydrogens is 202 g/mol. The Kier molecular flexibility index (Phi) is 2.00. The zero-order valence-electron chi connectivity index (χ0n) is 9.14. The molecule has 0 saturated carbocycles. The first-order valence-electron chi connectivity index (χ1n) is 5.31. The molecular formula is C11H13N5. The Morgan fingerprint density at radius 1 is 1.38 bits per heavy atom. The van der Waals surface area contributed by atoms with E-state index in [9.17, 15) is 0 Å². The topological polar surface area (TPSA) is 67.9 Å². The maximum atomic E-state index is 5.82. The van der Waals surface area contributed by atoms with Gasteiger partial charge in [-0.3, -0.25) is 0 Å². The summed E-state index contributed by atoms with van der Waals surface area (Å²) in [6.45, 7) is 1.95. The van der Waals surface area contributed by atoms with E-state index < -0.39 is 0 Å². The predicted octanol–water partition coefficient (Wildman–Crippen LogP) is 0.595. The lowest BCUT2D eigenvalue weighted by Gasteiger charge is -2.24. The van der Waals surface area contributed by atoms with Gasteiger partial charge in [0.25, 0.3) is 0 Å². The Morgan fingerprint density at radius 3 is 3.12 bits per heavy atom. The molecule has 82 valence electrons. The van der Waals surface area contributed by atoms with Gasteiger partial charge in [-0.1, -0.05) is 0 Å². The highest BCUT2D eigenvalue weighted by molar-refractivity contribution is 5.85. The third-order valence-corrected chi connectivity index (χ3v) is 3.01. The van der Waals surface area contributed by atoms with Gasteiger partial charge in [0, 0.05) is 13.1 Å². The van der Waals surface area contributed by atoms with Crippen LogP contribution in [0.1, 0.15) is 11.3 Å². The molecule has 0 atom stereocenters. The second-order valence-corrected chi connectivity index (χ2v) is 4.21. The summed E-state index contributed by atoms with van der Waals surface area (Å²) in [5, 5.41) is 0.866. The summed E-state index contributed by atoms with van der Waals surface area (Å²) in [4.78, 5) is 15.0. The van der Waals surface area contributed by atoms with E-state index in [1.807, 2.05) is 0 Å². The molecule has 0 bridgehead atoms. The van der Waals surface area contributed by atoms with Crippen molar-refractivity contribution in [2.45, 2.75) is 13.0 Å². The Labute approximate surface area is 93.3 Å². The van der Waals surface area contributed by atoms with E-state index in [1.165, 1.54) is 11.9 Å². The Morgan fingerprint density at radius 2 is 2.25 bits per heavy atom. The number of hydrogen-bond acceptors (Lipinski definition) is 5. The summed E-state index contributed by atoms with van der Waals surface area (Å²) in [5.74, 6) is 0.513. The number of aromatic nitrogens is 3. The summed E-state index contributed by atoms with van der Waals surface area (Å²) >= 11 is 0. The maximum Gasteiger partial charge on any atom is 0.164 e. The monoisotopic (exact) mass is 215 g/mol. The van der Waals surface area contributed by atoms with Gasteiger partial charge in [-0.15, -0.1) is 0 Å². The molecule has 3 heterocycles. The molecule has 16 heavy (non-hydrogen) atoms. The highest BCUT2D eigenvalue weighted by atomic mass is 15.1. The lowest BCUT2D eigenvalue weighted by atomic mass is 10.0. The van der Waals surface area contributed by atoms with E-state index in [4.69, 9.17) is 5.73 Å². The molecule has 1 aliphatic heterocycles. The van der Waals surface area contributed by atoms with Crippen LogP contribution >= 0.6 is 0 Å². The van der Waals surface area contributed by atoms with E-state index in [0.29, 0.717) is 11.5 Å². The standard InChI is InChI=1S/C11H13N5/c1-16-3-2-7-4-8-10(12)13-6-14-11(8)15-9(7)5-16/h4,6H,2-3,5H2,1H3,(H2,12,13,14,15). The lowest BCUT2D eigenvalue weighted by Crippen LogP contribution is -2.27. The van der Waals surface area contributed by atoms with Crippen LogP contribution in [0.15, 0.2) is 12.4 Å². The average molecular weight is 215 g/mol. The molecule has 0 aliphatic carbocycles. The number of fused-ring (bicyclic) bond motifs is 2. The molecule has 0 amide bonds. The molecule has 0 saturated heterocycles. The van der Waals surface area contributed by atoms with Gasteiger partial charge >= 0.3 is 0 Å². The van der Waals surface area contributed by atoms with Gasteiger partial charge in [0.1, 0.15) is 12.1 Å². The number of nitrogen functional groups attached to an aromatic ring is 1. The molecule has 2 aromatic heterocycles.